The van der Waals surface area contributed by atoms with Crippen LogP contribution in [0.2, 0.25) is 5.02 Å². The van der Waals surface area contributed by atoms with Crippen LogP contribution >= 0.6 is 11.6 Å². The monoisotopic (exact) mass is 285 g/mol. The Morgan fingerprint density at radius 1 is 1.20 bits per heavy atom. The number of halogens is 1. The van der Waals surface area contributed by atoms with Crippen LogP contribution in [0, 0.1) is 6.92 Å². The maximum Gasteiger partial charge on any atom is 0.142 e. The lowest BCUT2D eigenvalue weighted by atomic mass is 10.1. The standard InChI is InChI=1S/C17H16ClNO/c1-10-14-8-15(18)12-4-2-3-5-13(12)17(14)20-16(10)9-19-11-6-7-11/h2-5,8,11,19H,6-7,9H2,1H3. The van der Waals surface area contributed by atoms with Gasteiger partial charge in [-0.15, -0.1) is 0 Å². The Bertz CT molecular complexity index is 801. The first kappa shape index (κ1) is 12.2. The second kappa shape index (κ2) is 4.51. The van der Waals surface area contributed by atoms with E-state index in [1.807, 2.05) is 24.3 Å². The minimum atomic E-state index is 0.683. The molecular formula is C17H16ClNO. The van der Waals surface area contributed by atoms with Crippen LogP contribution in [0.4, 0.5) is 0 Å². The molecule has 0 spiro atoms. The summed E-state index contributed by atoms with van der Waals surface area (Å²) in [4.78, 5) is 0. The summed E-state index contributed by atoms with van der Waals surface area (Å²) in [5.41, 5.74) is 2.15. The molecule has 2 nitrogen and oxygen atoms in total. The second-order valence-corrected chi connectivity index (χ2v) is 5.99. The van der Waals surface area contributed by atoms with Crippen LogP contribution in [0.15, 0.2) is 34.7 Å². The van der Waals surface area contributed by atoms with Gasteiger partial charge in [-0.05, 0) is 31.4 Å². The molecule has 20 heavy (non-hydrogen) atoms. The number of hydrogen-bond donors (Lipinski definition) is 1. The number of furan rings is 1. The van der Waals surface area contributed by atoms with Crippen molar-refractivity contribution in [1.82, 2.24) is 5.32 Å². The van der Waals surface area contributed by atoms with Gasteiger partial charge in [0.25, 0.3) is 0 Å². The Kier molecular flexibility index (Phi) is 2.76. The number of nitrogens with one attached hydrogen (secondary N) is 1. The molecule has 0 saturated heterocycles. The molecule has 0 atom stereocenters. The van der Waals surface area contributed by atoms with Crippen LogP contribution in [0.1, 0.15) is 24.2 Å². The average molecular weight is 286 g/mol. The first-order chi connectivity index (χ1) is 9.74. The van der Waals surface area contributed by atoms with Crippen molar-refractivity contribution < 1.29 is 4.42 Å². The van der Waals surface area contributed by atoms with Crippen molar-refractivity contribution in [2.24, 2.45) is 0 Å². The number of benzene rings is 2. The zero-order valence-electron chi connectivity index (χ0n) is 11.4. The first-order valence-corrected chi connectivity index (χ1v) is 7.44. The van der Waals surface area contributed by atoms with Crippen molar-refractivity contribution >= 4 is 33.3 Å². The Morgan fingerprint density at radius 2 is 1.95 bits per heavy atom. The van der Waals surface area contributed by atoms with Gasteiger partial charge in [-0.2, -0.15) is 0 Å². The van der Waals surface area contributed by atoms with E-state index in [4.69, 9.17) is 16.0 Å². The fourth-order valence-electron chi connectivity index (χ4n) is 2.74. The summed E-state index contributed by atoms with van der Waals surface area (Å²) in [7, 11) is 0. The zero-order chi connectivity index (χ0) is 13.7. The Labute approximate surface area is 122 Å². The molecule has 1 heterocycles. The van der Waals surface area contributed by atoms with Gasteiger partial charge in [0.05, 0.1) is 6.54 Å². The molecule has 2 aromatic carbocycles. The van der Waals surface area contributed by atoms with E-state index in [9.17, 15) is 0 Å². The lowest BCUT2D eigenvalue weighted by Crippen LogP contribution is -2.15. The topological polar surface area (TPSA) is 25.2 Å². The molecule has 1 N–H and O–H groups in total. The first-order valence-electron chi connectivity index (χ1n) is 7.06. The Hall–Kier alpha value is -1.51. The Balaban J connectivity index is 1.90. The molecule has 4 rings (SSSR count). The predicted molar refractivity (Wildman–Crippen MR) is 83.3 cm³/mol. The van der Waals surface area contributed by atoms with Gasteiger partial charge in [0, 0.05) is 27.2 Å². The largest absolute Gasteiger partial charge is 0.459 e. The van der Waals surface area contributed by atoms with E-state index in [2.05, 4.69) is 18.3 Å². The molecule has 0 bridgehead atoms. The maximum absolute atomic E-state index is 6.40. The summed E-state index contributed by atoms with van der Waals surface area (Å²) in [6, 6.07) is 10.9. The van der Waals surface area contributed by atoms with E-state index >= 15 is 0 Å². The summed E-state index contributed by atoms with van der Waals surface area (Å²) in [5, 5.41) is 7.57. The van der Waals surface area contributed by atoms with Crippen LogP contribution in [0.5, 0.6) is 0 Å². The highest BCUT2D eigenvalue weighted by molar-refractivity contribution is 6.37. The second-order valence-electron chi connectivity index (χ2n) is 5.59. The summed E-state index contributed by atoms with van der Waals surface area (Å²) < 4.78 is 6.12. The summed E-state index contributed by atoms with van der Waals surface area (Å²) >= 11 is 6.40. The molecule has 1 saturated carbocycles. The van der Waals surface area contributed by atoms with Gasteiger partial charge in [-0.3, -0.25) is 0 Å². The molecule has 1 fully saturated rings. The molecule has 1 aliphatic carbocycles. The molecule has 0 aliphatic heterocycles. The number of aryl methyl sites for hydroxylation is 1. The zero-order valence-corrected chi connectivity index (χ0v) is 12.1. The van der Waals surface area contributed by atoms with Gasteiger partial charge < -0.3 is 9.73 Å². The highest BCUT2D eigenvalue weighted by Gasteiger charge is 2.22. The summed E-state index contributed by atoms with van der Waals surface area (Å²) in [5.74, 6) is 1.03. The fourth-order valence-corrected chi connectivity index (χ4v) is 3.01. The highest BCUT2D eigenvalue weighted by Crippen LogP contribution is 2.36. The van der Waals surface area contributed by atoms with Gasteiger partial charge in [0.15, 0.2) is 0 Å². The van der Waals surface area contributed by atoms with Crippen molar-refractivity contribution in [3.05, 3.63) is 46.7 Å². The fraction of sp³-hybridized carbons (Fsp3) is 0.294. The van der Waals surface area contributed by atoms with Gasteiger partial charge in [-0.1, -0.05) is 35.9 Å². The molecule has 0 radical (unpaired) electrons. The van der Waals surface area contributed by atoms with Crippen molar-refractivity contribution in [2.45, 2.75) is 32.4 Å². The molecule has 0 unspecified atom stereocenters. The van der Waals surface area contributed by atoms with Crippen LogP contribution in [0.25, 0.3) is 21.7 Å². The minimum Gasteiger partial charge on any atom is -0.459 e. The molecule has 3 heteroatoms. The minimum absolute atomic E-state index is 0.683. The molecule has 0 amide bonds. The molecule has 1 aliphatic rings. The predicted octanol–water partition coefficient (Wildman–Crippen LogP) is 4.80. The van der Waals surface area contributed by atoms with Crippen molar-refractivity contribution in [2.75, 3.05) is 0 Å². The Morgan fingerprint density at radius 3 is 2.70 bits per heavy atom. The number of rotatable bonds is 3. The van der Waals surface area contributed by atoms with Crippen LogP contribution in [-0.4, -0.2) is 6.04 Å². The van der Waals surface area contributed by atoms with Crippen LogP contribution in [-0.2, 0) is 6.54 Å². The van der Waals surface area contributed by atoms with Crippen molar-refractivity contribution in [3.63, 3.8) is 0 Å². The number of fused-ring (bicyclic) bond motifs is 3. The lowest BCUT2D eigenvalue weighted by Gasteiger charge is -2.01. The van der Waals surface area contributed by atoms with Crippen LogP contribution in [0.3, 0.4) is 0 Å². The van der Waals surface area contributed by atoms with Crippen molar-refractivity contribution in [3.8, 4) is 0 Å². The third-order valence-electron chi connectivity index (χ3n) is 4.12. The van der Waals surface area contributed by atoms with Gasteiger partial charge >= 0.3 is 0 Å². The maximum atomic E-state index is 6.40. The quantitative estimate of drug-likeness (QED) is 0.748. The smallest absolute Gasteiger partial charge is 0.142 e. The lowest BCUT2D eigenvalue weighted by molar-refractivity contribution is 0.511. The van der Waals surface area contributed by atoms with Crippen LogP contribution < -0.4 is 5.32 Å². The van der Waals surface area contributed by atoms with E-state index in [1.165, 1.54) is 18.4 Å². The van der Waals surface area contributed by atoms with E-state index in [0.29, 0.717) is 6.04 Å². The van der Waals surface area contributed by atoms with E-state index in [1.54, 1.807) is 0 Å². The summed E-state index contributed by atoms with van der Waals surface area (Å²) in [6.07, 6.45) is 2.57. The van der Waals surface area contributed by atoms with E-state index in [-0.39, 0.29) is 0 Å². The van der Waals surface area contributed by atoms with Gasteiger partial charge in [0.2, 0.25) is 0 Å². The van der Waals surface area contributed by atoms with E-state index in [0.717, 1.165) is 39.1 Å². The third-order valence-corrected chi connectivity index (χ3v) is 4.43. The van der Waals surface area contributed by atoms with E-state index < -0.39 is 0 Å². The van der Waals surface area contributed by atoms with Crippen molar-refractivity contribution in [1.29, 1.82) is 0 Å². The molecule has 102 valence electrons. The summed E-state index contributed by atoms with van der Waals surface area (Å²) in [6.45, 7) is 2.91. The molecular weight excluding hydrogens is 270 g/mol. The normalized spacial score (nSPS) is 15.3. The van der Waals surface area contributed by atoms with Gasteiger partial charge in [-0.25, -0.2) is 0 Å². The highest BCUT2D eigenvalue weighted by atomic mass is 35.5. The molecule has 1 aromatic heterocycles. The SMILES string of the molecule is Cc1c(CNC2CC2)oc2c1cc(Cl)c1ccccc12. The third kappa shape index (κ3) is 1.91. The number of hydrogen-bond acceptors (Lipinski definition) is 2. The average Bonchev–Trinajstić information content (AvgIpc) is 3.24. The van der Waals surface area contributed by atoms with Gasteiger partial charge in [0.1, 0.15) is 11.3 Å². The molecule has 3 aromatic rings.